The van der Waals surface area contributed by atoms with E-state index in [0.29, 0.717) is 36.8 Å². The number of anilines is 1. The van der Waals surface area contributed by atoms with E-state index in [2.05, 4.69) is 36.3 Å². The predicted molar refractivity (Wildman–Crippen MR) is 59.6 cm³/mol. The van der Waals surface area contributed by atoms with Crippen molar-refractivity contribution in [3.05, 3.63) is 5.89 Å². The molecule has 0 aliphatic carbocycles. The van der Waals surface area contributed by atoms with Gasteiger partial charge in [-0.2, -0.15) is 0 Å². The van der Waals surface area contributed by atoms with Crippen LogP contribution in [0.5, 0.6) is 0 Å². The number of hydrogen-bond donors (Lipinski definition) is 2. The van der Waals surface area contributed by atoms with Gasteiger partial charge in [0.25, 0.3) is 0 Å². The van der Waals surface area contributed by atoms with Gasteiger partial charge in [-0.3, -0.25) is 0 Å². The summed E-state index contributed by atoms with van der Waals surface area (Å²) in [5.41, 5.74) is 5.39. The lowest BCUT2D eigenvalue weighted by Gasteiger charge is -2.13. The summed E-state index contributed by atoms with van der Waals surface area (Å²) in [4.78, 5) is 0. The van der Waals surface area contributed by atoms with Gasteiger partial charge in [0, 0.05) is 19.0 Å². The largest absolute Gasteiger partial charge is 0.408 e. The molecule has 1 atom stereocenters. The topological polar surface area (TPSA) is 77.0 Å². The number of aromatic nitrogens is 2. The molecule has 0 aliphatic heterocycles. The average Bonchev–Trinajstić information content (AvgIpc) is 2.51. The minimum absolute atomic E-state index is 0.344. The quantitative estimate of drug-likeness (QED) is 0.745. The fourth-order valence-corrected chi connectivity index (χ4v) is 1.51. The van der Waals surface area contributed by atoms with Crippen molar-refractivity contribution in [2.24, 2.45) is 11.7 Å². The van der Waals surface area contributed by atoms with Gasteiger partial charge in [-0.15, -0.1) is 5.10 Å². The van der Waals surface area contributed by atoms with E-state index in [1.54, 1.807) is 0 Å². The maximum atomic E-state index is 5.39. The van der Waals surface area contributed by atoms with E-state index in [4.69, 9.17) is 10.2 Å². The lowest BCUT2D eigenvalue weighted by Crippen LogP contribution is -2.17. The number of hydrogen-bond acceptors (Lipinski definition) is 5. The minimum Gasteiger partial charge on any atom is -0.408 e. The van der Waals surface area contributed by atoms with Crippen molar-refractivity contribution >= 4 is 6.01 Å². The number of nitrogens with one attached hydrogen (secondary N) is 1. The second-order valence-electron chi connectivity index (χ2n) is 4.21. The normalized spacial score (nSPS) is 13.1. The molecule has 86 valence electrons. The fourth-order valence-electron chi connectivity index (χ4n) is 1.51. The molecule has 0 saturated carbocycles. The summed E-state index contributed by atoms with van der Waals surface area (Å²) < 4.78 is 5.36. The zero-order valence-corrected chi connectivity index (χ0v) is 9.66. The predicted octanol–water partition coefficient (Wildman–Crippen LogP) is 1.42. The lowest BCUT2D eigenvalue weighted by atomic mass is 10.1. The van der Waals surface area contributed by atoms with Crippen molar-refractivity contribution in [1.82, 2.24) is 10.2 Å². The molecule has 1 aromatic rings. The molecule has 0 bridgehead atoms. The molecule has 0 saturated heterocycles. The Bertz CT molecular complexity index is 285. The maximum Gasteiger partial charge on any atom is 0.315 e. The van der Waals surface area contributed by atoms with Crippen molar-refractivity contribution in [2.75, 3.05) is 11.9 Å². The van der Waals surface area contributed by atoms with Gasteiger partial charge in [-0.25, -0.2) is 0 Å². The van der Waals surface area contributed by atoms with Crippen LogP contribution in [0.15, 0.2) is 4.42 Å². The molecule has 5 nitrogen and oxygen atoms in total. The average molecular weight is 212 g/mol. The molecule has 0 radical (unpaired) electrons. The highest BCUT2D eigenvalue weighted by Crippen LogP contribution is 2.11. The Labute approximate surface area is 90.4 Å². The standard InChI is InChI=1S/C10H20N4O/c1-7(2)6-8(3)12-10-14-13-9(15-10)4-5-11/h7-8H,4-6,11H2,1-3H3,(H,12,14). The molecule has 15 heavy (non-hydrogen) atoms. The van der Waals surface area contributed by atoms with Crippen LogP contribution in [0.25, 0.3) is 0 Å². The molecule has 0 aromatic carbocycles. The Morgan fingerprint density at radius 1 is 1.33 bits per heavy atom. The highest BCUT2D eigenvalue weighted by molar-refractivity contribution is 5.18. The van der Waals surface area contributed by atoms with E-state index in [1.165, 1.54) is 0 Å². The van der Waals surface area contributed by atoms with Crippen LogP contribution in [-0.4, -0.2) is 22.8 Å². The van der Waals surface area contributed by atoms with Crippen LogP contribution in [0.1, 0.15) is 33.1 Å². The molecule has 3 N–H and O–H groups in total. The number of nitrogens with zero attached hydrogens (tertiary/aromatic N) is 2. The summed E-state index contributed by atoms with van der Waals surface area (Å²) >= 11 is 0. The summed E-state index contributed by atoms with van der Waals surface area (Å²) in [7, 11) is 0. The Kier molecular flexibility index (Phi) is 4.55. The van der Waals surface area contributed by atoms with Crippen LogP contribution >= 0.6 is 0 Å². The van der Waals surface area contributed by atoms with Gasteiger partial charge in [-0.1, -0.05) is 18.9 Å². The summed E-state index contributed by atoms with van der Waals surface area (Å²) in [6, 6.07) is 0.836. The van der Waals surface area contributed by atoms with Crippen molar-refractivity contribution < 1.29 is 4.42 Å². The summed E-state index contributed by atoms with van der Waals surface area (Å²) in [6.07, 6.45) is 1.71. The third-order valence-electron chi connectivity index (χ3n) is 2.02. The van der Waals surface area contributed by atoms with Gasteiger partial charge >= 0.3 is 6.01 Å². The van der Waals surface area contributed by atoms with E-state index in [-0.39, 0.29) is 0 Å². The van der Waals surface area contributed by atoms with Gasteiger partial charge in [0.05, 0.1) is 0 Å². The third kappa shape index (κ3) is 4.29. The first-order valence-electron chi connectivity index (χ1n) is 5.40. The van der Waals surface area contributed by atoms with Crippen LogP contribution in [0.4, 0.5) is 6.01 Å². The molecule has 1 aromatic heterocycles. The van der Waals surface area contributed by atoms with E-state index in [1.807, 2.05) is 0 Å². The number of rotatable bonds is 6. The Hall–Kier alpha value is -1.10. The van der Waals surface area contributed by atoms with Crippen LogP contribution in [0, 0.1) is 5.92 Å². The zero-order chi connectivity index (χ0) is 11.3. The van der Waals surface area contributed by atoms with Crippen molar-refractivity contribution in [3.63, 3.8) is 0 Å². The molecule has 5 heteroatoms. The minimum atomic E-state index is 0.344. The Morgan fingerprint density at radius 3 is 2.67 bits per heavy atom. The Balaban J connectivity index is 2.42. The molecule has 0 fully saturated rings. The smallest absolute Gasteiger partial charge is 0.315 e. The highest BCUT2D eigenvalue weighted by Gasteiger charge is 2.09. The van der Waals surface area contributed by atoms with Crippen LogP contribution in [0.3, 0.4) is 0 Å². The van der Waals surface area contributed by atoms with Gasteiger partial charge in [0.1, 0.15) is 0 Å². The molecule has 0 amide bonds. The monoisotopic (exact) mass is 212 g/mol. The summed E-state index contributed by atoms with van der Waals surface area (Å²) in [6.45, 7) is 7.01. The van der Waals surface area contributed by atoms with Crippen molar-refractivity contribution in [3.8, 4) is 0 Å². The highest BCUT2D eigenvalue weighted by atomic mass is 16.4. The number of nitrogens with two attached hydrogens (primary N) is 1. The third-order valence-corrected chi connectivity index (χ3v) is 2.02. The summed E-state index contributed by atoms with van der Waals surface area (Å²) in [5, 5.41) is 10.9. The molecule has 1 rings (SSSR count). The van der Waals surface area contributed by atoms with Crippen LogP contribution < -0.4 is 11.1 Å². The van der Waals surface area contributed by atoms with E-state index in [0.717, 1.165) is 6.42 Å². The first kappa shape index (κ1) is 12.0. The second-order valence-corrected chi connectivity index (χ2v) is 4.21. The second kappa shape index (κ2) is 5.70. The van der Waals surface area contributed by atoms with Crippen molar-refractivity contribution in [1.29, 1.82) is 0 Å². The maximum absolute atomic E-state index is 5.39. The molecular formula is C10H20N4O. The molecule has 1 unspecified atom stereocenters. The molecule has 0 aliphatic rings. The van der Waals surface area contributed by atoms with Gasteiger partial charge in [-0.05, 0) is 19.3 Å². The summed E-state index contributed by atoms with van der Waals surface area (Å²) in [5.74, 6) is 1.25. The van der Waals surface area contributed by atoms with Gasteiger partial charge < -0.3 is 15.5 Å². The fraction of sp³-hybridized carbons (Fsp3) is 0.800. The van der Waals surface area contributed by atoms with Gasteiger partial charge in [0.2, 0.25) is 5.89 Å². The molecule has 0 spiro atoms. The first-order valence-corrected chi connectivity index (χ1v) is 5.40. The first-order chi connectivity index (χ1) is 7.11. The zero-order valence-electron chi connectivity index (χ0n) is 9.66. The van der Waals surface area contributed by atoms with E-state index in [9.17, 15) is 0 Å². The SMILES string of the molecule is CC(C)CC(C)Nc1nnc(CCN)o1. The van der Waals surface area contributed by atoms with E-state index < -0.39 is 0 Å². The van der Waals surface area contributed by atoms with E-state index >= 15 is 0 Å². The Morgan fingerprint density at radius 2 is 2.07 bits per heavy atom. The van der Waals surface area contributed by atoms with Crippen molar-refractivity contribution in [2.45, 2.75) is 39.7 Å². The molecule has 1 heterocycles. The lowest BCUT2D eigenvalue weighted by molar-refractivity contribution is 0.484. The van der Waals surface area contributed by atoms with Gasteiger partial charge in [0.15, 0.2) is 0 Å². The van der Waals surface area contributed by atoms with Crippen LogP contribution in [0.2, 0.25) is 0 Å². The van der Waals surface area contributed by atoms with Crippen LogP contribution in [-0.2, 0) is 6.42 Å². The molecular weight excluding hydrogens is 192 g/mol.